The zero-order valence-corrected chi connectivity index (χ0v) is 7.47. The average Bonchev–Trinajstić information content (AvgIpc) is 2.06. The number of hydrogen-bond donors (Lipinski definition) is 1. The molecule has 0 saturated carbocycles. The number of nitrogens with two attached hydrogens (primary N) is 1. The van der Waals surface area contributed by atoms with E-state index >= 15 is 0 Å². The smallest absolute Gasteiger partial charge is 0.217 e. The molecule has 1 rings (SSSR count). The van der Waals surface area contributed by atoms with E-state index in [0.29, 0.717) is 17.8 Å². The van der Waals surface area contributed by atoms with E-state index in [0.717, 1.165) is 12.0 Å². The lowest BCUT2D eigenvalue weighted by Crippen LogP contribution is -2.03. The lowest BCUT2D eigenvalue weighted by molar-refractivity contribution is 0.627. The van der Waals surface area contributed by atoms with Gasteiger partial charge in [0.15, 0.2) is 0 Å². The zero-order chi connectivity index (χ0) is 8.97. The van der Waals surface area contributed by atoms with Gasteiger partial charge in [-0.1, -0.05) is 17.7 Å². The molecule has 0 aromatic carbocycles. The minimum absolute atomic E-state index is 0.441. The zero-order valence-electron chi connectivity index (χ0n) is 6.66. The first kappa shape index (κ1) is 9.22. The van der Waals surface area contributed by atoms with Gasteiger partial charge in [-0.15, -0.1) is 0 Å². The Kier molecular flexibility index (Phi) is 3.25. The molecule has 0 radical (unpaired) electrons. The molecule has 0 amide bonds. The lowest BCUT2D eigenvalue weighted by Gasteiger charge is -2.04. The van der Waals surface area contributed by atoms with Crippen LogP contribution in [-0.4, -0.2) is 19.8 Å². The van der Waals surface area contributed by atoms with E-state index in [1.807, 2.05) is 12.2 Å². The van der Waals surface area contributed by atoms with E-state index in [9.17, 15) is 8.42 Å². The highest BCUT2D eigenvalue weighted by atomic mass is 32.2. The molecule has 0 fully saturated rings. The first-order valence-electron chi connectivity index (χ1n) is 3.76. The Labute approximate surface area is 73.1 Å². The van der Waals surface area contributed by atoms with Crippen LogP contribution in [0.4, 0.5) is 0 Å². The molecule has 0 unspecified atom stereocenters. The van der Waals surface area contributed by atoms with E-state index in [1.165, 1.54) is 0 Å². The molecule has 0 spiro atoms. The van der Waals surface area contributed by atoms with E-state index in [2.05, 4.69) is 0 Å². The Bertz CT molecular complexity index is 341. The van der Waals surface area contributed by atoms with Crippen LogP contribution in [0.5, 0.6) is 0 Å². The Balaban J connectivity index is 2.75. The molecule has 4 heteroatoms. The van der Waals surface area contributed by atoms with Gasteiger partial charge >= 0.3 is 0 Å². The van der Waals surface area contributed by atoms with Crippen molar-refractivity contribution in [1.29, 1.82) is 0 Å². The first-order chi connectivity index (χ1) is 5.74. The van der Waals surface area contributed by atoms with Gasteiger partial charge in [0.25, 0.3) is 0 Å². The van der Waals surface area contributed by atoms with Crippen molar-refractivity contribution in [3.63, 3.8) is 0 Å². The van der Waals surface area contributed by atoms with Crippen molar-refractivity contribution in [2.45, 2.75) is 12.8 Å². The monoisotopic (exact) mass is 185 g/mol. The van der Waals surface area contributed by atoms with Crippen LogP contribution in [0.3, 0.4) is 0 Å². The molecule has 0 aromatic heterocycles. The molecular formula is C8H11NO2S. The minimum atomic E-state index is -2.07. The molecule has 2 N–H and O–H groups in total. The first-order valence-corrected chi connectivity index (χ1v) is 4.84. The maximum Gasteiger partial charge on any atom is 0.217 e. The molecule has 12 heavy (non-hydrogen) atoms. The molecule has 0 atom stereocenters. The van der Waals surface area contributed by atoms with Gasteiger partial charge in [0.05, 0.1) is 4.86 Å². The second-order valence-corrected chi connectivity index (χ2v) is 3.55. The summed E-state index contributed by atoms with van der Waals surface area (Å²) in [5.74, 6) is 0. The van der Waals surface area contributed by atoms with E-state index in [-0.39, 0.29) is 0 Å². The van der Waals surface area contributed by atoms with Gasteiger partial charge in [-0.3, -0.25) is 0 Å². The molecule has 0 aromatic rings. The second kappa shape index (κ2) is 4.23. The largest absolute Gasteiger partial charge is 0.330 e. The highest BCUT2D eigenvalue weighted by Gasteiger charge is 2.02. The summed E-state index contributed by atoms with van der Waals surface area (Å²) in [6.45, 7) is 0.603. The summed E-state index contributed by atoms with van der Waals surface area (Å²) < 4.78 is 21.0. The van der Waals surface area contributed by atoms with Crippen molar-refractivity contribution in [2.24, 2.45) is 5.73 Å². The normalized spacial score (nSPS) is 16.1. The quantitative estimate of drug-likeness (QED) is 0.628. The van der Waals surface area contributed by atoms with Gasteiger partial charge in [-0.25, -0.2) is 0 Å². The Morgan fingerprint density at radius 1 is 1.42 bits per heavy atom. The third kappa shape index (κ3) is 2.32. The lowest BCUT2D eigenvalue weighted by atomic mass is 10.0. The van der Waals surface area contributed by atoms with Gasteiger partial charge < -0.3 is 5.73 Å². The molecule has 0 saturated heterocycles. The van der Waals surface area contributed by atoms with Crippen molar-refractivity contribution in [1.82, 2.24) is 0 Å². The maximum atomic E-state index is 10.5. The fourth-order valence-corrected chi connectivity index (χ4v) is 1.44. The Morgan fingerprint density at radius 2 is 2.17 bits per heavy atom. The molecule has 0 heterocycles. The summed E-state index contributed by atoms with van der Waals surface area (Å²) in [5, 5.41) is 0. The van der Waals surface area contributed by atoms with Crippen LogP contribution in [0.1, 0.15) is 12.8 Å². The van der Waals surface area contributed by atoms with Crippen molar-refractivity contribution in [3.8, 4) is 0 Å². The predicted octanol–water partition coefficient (Wildman–Crippen LogP) is 0.273. The van der Waals surface area contributed by atoms with E-state index < -0.39 is 10.3 Å². The standard InChI is InChI=1S/C8H11NO2S/c9-6-5-7-1-3-8(4-2-7)12(10)11/h1-3H,4-6,9H2. The predicted molar refractivity (Wildman–Crippen MR) is 49.4 cm³/mol. The molecule has 1 aliphatic carbocycles. The van der Waals surface area contributed by atoms with Crippen LogP contribution in [0.2, 0.25) is 0 Å². The van der Waals surface area contributed by atoms with Crippen LogP contribution in [0.25, 0.3) is 0 Å². The van der Waals surface area contributed by atoms with E-state index in [4.69, 9.17) is 5.73 Å². The molecule has 0 aliphatic heterocycles. The third-order valence-corrected chi connectivity index (χ3v) is 2.43. The van der Waals surface area contributed by atoms with Crippen LogP contribution >= 0.6 is 0 Å². The Hall–Kier alpha value is -0.870. The molecule has 1 aliphatic rings. The van der Waals surface area contributed by atoms with Crippen LogP contribution in [0, 0.1) is 0 Å². The summed E-state index contributed by atoms with van der Waals surface area (Å²) in [6.07, 6.45) is 6.66. The average molecular weight is 185 g/mol. The highest BCUT2D eigenvalue weighted by Crippen LogP contribution is 2.10. The van der Waals surface area contributed by atoms with Gasteiger partial charge in [0.1, 0.15) is 0 Å². The van der Waals surface area contributed by atoms with Gasteiger partial charge in [-0.2, -0.15) is 8.42 Å². The molecule has 0 bridgehead atoms. The van der Waals surface area contributed by atoms with Gasteiger partial charge in [-0.05, 0) is 19.0 Å². The van der Waals surface area contributed by atoms with Crippen LogP contribution < -0.4 is 5.73 Å². The molecule has 3 nitrogen and oxygen atoms in total. The summed E-state index contributed by atoms with van der Waals surface area (Å²) in [7, 11) is -2.07. The molecular weight excluding hydrogens is 174 g/mol. The Morgan fingerprint density at radius 3 is 2.58 bits per heavy atom. The van der Waals surface area contributed by atoms with Crippen molar-refractivity contribution < 1.29 is 8.42 Å². The number of rotatable bonds is 2. The minimum Gasteiger partial charge on any atom is -0.330 e. The topological polar surface area (TPSA) is 60.2 Å². The summed E-state index contributed by atoms with van der Waals surface area (Å²) >= 11 is 0. The fourth-order valence-electron chi connectivity index (χ4n) is 1.04. The van der Waals surface area contributed by atoms with Crippen molar-refractivity contribution >= 4 is 15.2 Å². The second-order valence-electron chi connectivity index (χ2n) is 2.56. The van der Waals surface area contributed by atoms with Crippen LogP contribution in [-0.2, 0) is 10.3 Å². The summed E-state index contributed by atoms with van der Waals surface area (Å²) in [4.78, 5) is 0.441. The molecule has 66 valence electrons. The fraction of sp³-hybridized carbons (Fsp3) is 0.375. The van der Waals surface area contributed by atoms with Crippen molar-refractivity contribution in [3.05, 3.63) is 23.8 Å². The number of allylic oxidation sites excluding steroid dienone is 3. The van der Waals surface area contributed by atoms with Gasteiger partial charge in [0.2, 0.25) is 10.3 Å². The number of hydrogen-bond acceptors (Lipinski definition) is 3. The van der Waals surface area contributed by atoms with E-state index in [1.54, 1.807) is 6.08 Å². The van der Waals surface area contributed by atoms with Gasteiger partial charge in [0, 0.05) is 6.42 Å². The maximum absolute atomic E-state index is 10.5. The van der Waals surface area contributed by atoms with Crippen molar-refractivity contribution in [2.75, 3.05) is 6.54 Å². The highest BCUT2D eigenvalue weighted by molar-refractivity contribution is 7.73. The summed E-state index contributed by atoms with van der Waals surface area (Å²) in [6, 6.07) is 0. The summed E-state index contributed by atoms with van der Waals surface area (Å²) in [5.41, 5.74) is 6.47. The third-order valence-electron chi connectivity index (χ3n) is 1.70. The SMILES string of the molecule is NCCC1=CCC(=S(=O)=O)C=C1. The van der Waals surface area contributed by atoms with Crippen LogP contribution in [0.15, 0.2) is 23.8 Å².